The predicted molar refractivity (Wildman–Crippen MR) is 107 cm³/mol. The van der Waals surface area contributed by atoms with Gasteiger partial charge >= 0.3 is 6.18 Å². The van der Waals surface area contributed by atoms with Crippen LogP contribution in [0.5, 0.6) is 11.6 Å². The monoisotopic (exact) mass is 452 g/mol. The van der Waals surface area contributed by atoms with Crippen molar-refractivity contribution >= 4 is 10.0 Å². The van der Waals surface area contributed by atoms with Crippen LogP contribution in [-0.4, -0.2) is 30.4 Å². The molecular weight excluding hydrogens is 433 g/mol. The molecule has 1 N–H and O–H groups in total. The van der Waals surface area contributed by atoms with Gasteiger partial charge in [0.2, 0.25) is 15.9 Å². The molecule has 0 saturated carbocycles. The van der Waals surface area contributed by atoms with Gasteiger partial charge in [0, 0.05) is 31.1 Å². The first-order valence-corrected chi connectivity index (χ1v) is 10.8. The van der Waals surface area contributed by atoms with E-state index in [4.69, 9.17) is 4.74 Å². The highest BCUT2D eigenvalue weighted by Crippen LogP contribution is 2.28. The van der Waals surface area contributed by atoms with Crippen LogP contribution in [0, 0.1) is 0 Å². The van der Waals surface area contributed by atoms with E-state index in [9.17, 15) is 21.6 Å². The summed E-state index contributed by atoms with van der Waals surface area (Å²) in [7, 11) is -2.00. The van der Waals surface area contributed by atoms with Gasteiger partial charge in [-0.2, -0.15) is 13.2 Å². The highest BCUT2D eigenvalue weighted by atomic mass is 32.2. The van der Waals surface area contributed by atoms with Gasteiger partial charge in [-0.25, -0.2) is 28.1 Å². The van der Waals surface area contributed by atoms with Crippen LogP contribution in [0.4, 0.5) is 13.2 Å². The van der Waals surface area contributed by atoms with Crippen LogP contribution in [0.1, 0.15) is 22.5 Å². The molecule has 0 unspecified atom stereocenters. The minimum absolute atomic E-state index is 0.135. The minimum atomic E-state index is -4.46. The van der Waals surface area contributed by atoms with Crippen molar-refractivity contribution in [1.29, 1.82) is 0 Å². The topological polar surface area (TPSA) is 94.1 Å². The summed E-state index contributed by atoms with van der Waals surface area (Å²) in [6.07, 6.45) is -0.508. The number of aromatic nitrogens is 3. The van der Waals surface area contributed by atoms with Crippen LogP contribution >= 0.6 is 0 Å². The number of pyridine rings is 1. The summed E-state index contributed by atoms with van der Waals surface area (Å²) in [5.74, 6) is 0.992. The standard InChI is InChI=1S/C20H19F3N4O3S/c1-24-31(28,29)13-15-2-5-17(6-3-15)30-19-10-14(8-9-25-19)4-7-18-26-11-16(12-27-18)20(21,22)23/h2-3,5-6,8-12,24H,4,7,13H2,1H3. The summed E-state index contributed by atoms with van der Waals surface area (Å²) in [6.45, 7) is 0. The molecule has 2 aromatic heterocycles. The van der Waals surface area contributed by atoms with Crippen molar-refractivity contribution < 1.29 is 26.3 Å². The van der Waals surface area contributed by atoms with E-state index < -0.39 is 21.8 Å². The van der Waals surface area contributed by atoms with Gasteiger partial charge < -0.3 is 4.74 Å². The fourth-order valence-electron chi connectivity index (χ4n) is 2.61. The van der Waals surface area contributed by atoms with Crippen molar-refractivity contribution in [3.63, 3.8) is 0 Å². The SMILES string of the molecule is CNS(=O)(=O)Cc1ccc(Oc2cc(CCc3ncc(C(F)(F)F)cn3)ccn2)cc1. The predicted octanol–water partition coefficient (Wildman–Crippen LogP) is 3.52. The van der Waals surface area contributed by atoms with Gasteiger partial charge in [0.15, 0.2) is 0 Å². The first kappa shape index (κ1) is 22.6. The Hall–Kier alpha value is -3.05. The average Bonchev–Trinajstić information content (AvgIpc) is 2.73. The normalized spacial score (nSPS) is 12.0. The van der Waals surface area contributed by atoms with Crippen molar-refractivity contribution in [2.24, 2.45) is 0 Å². The summed E-state index contributed by atoms with van der Waals surface area (Å²) in [6, 6.07) is 10.1. The van der Waals surface area contributed by atoms with E-state index in [1.807, 2.05) is 0 Å². The van der Waals surface area contributed by atoms with Gasteiger partial charge in [-0.15, -0.1) is 0 Å². The Kier molecular flexibility index (Phi) is 6.86. The van der Waals surface area contributed by atoms with E-state index in [2.05, 4.69) is 19.7 Å². The minimum Gasteiger partial charge on any atom is -0.439 e. The van der Waals surface area contributed by atoms with E-state index in [1.54, 1.807) is 42.6 Å². The smallest absolute Gasteiger partial charge is 0.419 e. The molecule has 0 bridgehead atoms. The fourth-order valence-corrected chi connectivity index (χ4v) is 3.39. The van der Waals surface area contributed by atoms with Crippen LogP contribution in [0.2, 0.25) is 0 Å². The number of nitrogens with one attached hydrogen (secondary N) is 1. The Morgan fingerprint density at radius 1 is 0.968 bits per heavy atom. The second kappa shape index (κ2) is 9.40. The van der Waals surface area contributed by atoms with Crippen LogP contribution in [-0.2, 0) is 34.8 Å². The van der Waals surface area contributed by atoms with Crippen molar-refractivity contribution in [2.75, 3.05) is 7.05 Å². The lowest BCUT2D eigenvalue weighted by molar-refractivity contribution is -0.138. The zero-order chi connectivity index (χ0) is 22.5. The molecule has 11 heteroatoms. The summed E-state index contributed by atoms with van der Waals surface area (Å²) in [5, 5.41) is 0. The lowest BCUT2D eigenvalue weighted by Gasteiger charge is -2.08. The average molecular weight is 452 g/mol. The Bertz CT molecular complexity index is 1120. The lowest BCUT2D eigenvalue weighted by Crippen LogP contribution is -2.20. The molecule has 0 aliphatic heterocycles. The van der Waals surface area contributed by atoms with Crippen molar-refractivity contribution in [3.8, 4) is 11.6 Å². The first-order chi connectivity index (χ1) is 14.6. The molecular formula is C20H19F3N4O3S. The molecule has 164 valence electrons. The summed E-state index contributed by atoms with van der Waals surface area (Å²) >= 11 is 0. The zero-order valence-corrected chi connectivity index (χ0v) is 17.2. The van der Waals surface area contributed by atoms with Crippen LogP contribution < -0.4 is 9.46 Å². The third-order valence-electron chi connectivity index (χ3n) is 4.28. The third-order valence-corrected chi connectivity index (χ3v) is 5.62. The Balaban J connectivity index is 1.60. The third kappa shape index (κ3) is 6.72. The summed E-state index contributed by atoms with van der Waals surface area (Å²) < 4.78 is 68.9. The molecule has 0 amide bonds. The Morgan fingerprint density at radius 2 is 1.65 bits per heavy atom. The molecule has 0 radical (unpaired) electrons. The van der Waals surface area contributed by atoms with E-state index in [0.29, 0.717) is 35.9 Å². The second-order valence-electron chi connectivity index (χ2n) is 6.60. The number of nitrogens with zero attached hydrogens (tertiary/aromatic N) is 3. The maximum Gasteiger partial charge on any atom is 0.419 e. The number of rotatable bonds is 8. The number of hydrogen-bond donors (Lipinski definition) is 1. The molecule has 1 aromatic carbocycles. The Labute approximate surface area is 177 Å². The number of sulfonamides is 1. The van der Waals surface area contributed by atoms with Crippen LogP contribution in [0.15, 0.2) is 55.0 Å². The molecule has 0 aliphatic carbocycles. The Morgan fingerprint density at radius 3 is 2.26 bits per heavy atom. The van der Waals surface area contributed by atoms with Gasteiger partial charge in [-0.1, -0.05) is 12.1 Å². The van der Waals surface area contributed by atoms with E-state index in [-0.39, 0.29) is 5.75 Å². The lowest BCUT2D eigenvalue weighted by atomic mass is 10.1. The molecule has 31 heavy (non-hydrogen) atoms. The van der Waals surface area contributed by atoms with Gasteiger partial charge in [-0.05, 0) is 42.8 Å². The maximum atomic E-state index is 12.6. The number of hydrogen-bond acceptors (Lipinski definition) is 6. The first-order valence-electron chi connectivity index (χ1n) is 9.16. The quantitative estimate of drug-likeness (QED) is 0.562. The second-order valence-corrected chi connectivity index (χ2v) is 8.52. The molecule has 3 aromatic rings. The van der Waals surface area contributed by atoms with Crippen LogP contribution in [0.25, 0.3) is 0 Å². The number of ether oxygens (including phenoxy) is 1. The molecule has 0 fully saturated rings. The summed E-state index contributed by atoms with van der Waals surface area (Å²) in [5.41, 5.74) is 0.579. The fraction of sp³-hybridized carbons (Fsp3) is 0.250. The van der Waals surface area contributed by atoms with Crippen LogP contribution in [0.3, 0.4) is 0 Å². The molecule has 0 saturated heterocycles. The van der Waals surface area contributed by atoms with Gasteiger partial charge in [-0.3, -0.25) is 0 Å². The highest BCUT2D eigenvalue weighted by Gasteiger charge is 2.31. The van der Waals surface area contributed by atoms with Crippen molar-refractivity contribution in [2.45, 2.75) is 24.8 Å². The highest BCUT2D eigenvalue weighted by molar-refractivity contribution is 7.88. The molecule has 7 nitrogen and oxygen atoms in total. The number of benzene rings is 1. The molecule has 3 rings (SSSR count). The number of halogens is 3. The van der Waals surface area contributed by atoms with E-state index in [0.717, 1.165) is 18.0 Å². The van der Waals surface area contributed by atoms with Crippen molar-refractivity contribution in [3.05, 3.63) is 77.5 Å². The van der Waals surface area contributed by atoms with Gasteiger partial charge in [0.05, 0.1) is 11.3 Å². The molecule has 0 atom stereocenters. The van der Waals surface area contributed by atoms with Gasteiger partial charge in [0.25, 0.3) is 0 Å². The van der Waals surface area contributed by atoms with E-state index in [1.165, 1.54) is 7.05 Å². The molecule has 2 heterocycles. The number of alkyl halides is 3. The largest absolute Gasteiger partial charge is 0.439 e. The zero-order valence-electron chi connectivity index (χ0n) is 16.4. The van der Waals surface area contributed by atoms with E-state index >= 15 is 0 Å². The molecule has 0 aliphatic rings. The molecule has 0 spiro atoms. The van der Waals surface area contributed by atoms with Gasteiger partial charge in [0.1, 0.15) is 11.6 Å². The maximum absolute atomic E-state index is 12.6. The number of aryl methyl sites for hydroxylation is 2. The van der Waals surface area contributed by atoms with Crippen molar-refractivity contribution in [1.82, 2.24) is 19.7 Å². The summed E-state index contributed by atoms with van der Waals surface area (Å²) in [4.78, 5) is 11.7.